The molecule has 3 saturated heterocycles. The molecular weight excluding hydrogens is 344 g/mol. The molecule has 26 heavy (non-hydrogen) atoms. The molecule has 2 aliphatic carbocycles. The van der Waals surface area contributed by atoms with Crippen LogP contribution in [0.25, 0.3) is 0 Å². The molecule has 138 valence electrons. The Morgan fingerprint density at radius 2 is 1.77 bits per heavy atom. The number of amides is 2. The van der Waals surface area contributed by atoms with E-state index in [1.807, 2.05) is 22.7 Å². The average molecular weight is 371 g/mol. The van der Waals surface area contributed by atoms with Crippen molar-refractivity contribution in [2.45, 2.75) is 50.1 Å². The van der Waals surface area contributed by atoms with Crippen molar-refractivity contribution in [3.8, 4) is 0 Å². The Bertz CT molecular complexity index is 695. The number of thioether (sulfide) groups is 1. The predicted octanol–water partition coefficient (Wildman–Crippen LogP) is 3.09. The second-order valence-electron chi connectivity index (χ2n) is 8.26. The van der Waals surface area contributed by atoms with Crippen LogP contribution in [-0.4, -0.2) is 51.9 Å². The number of carbonyl (C=O) groups excluding carboxylic acids is 2. The van der Waals surface area contributed by atoms with Crippen LogP contribution in [0.2, 0.25) is 0 Å². The van der Waals surface area contributed by atoms with E-state index in [0.29, 0.717) is 11.8 Å². The molecule has 5 fully saturated rings. The van der Waals surface area contributed by atoms with E-state index >= 15 is 0 Å². The summed E-state index contributed by atoms with van der Waals surface area (Å²) < 4.78 is 0. The lowest BCUT2D eigenvalue weighted by atomic mass is 9.73. The van der Waals surface area contributed by atoms with Crippen LogP contribution in [-0.2, 0) is 9.59 Å². The second kappa shape index (κ2) is 6.59. The molecule has 0 radical (unpaired) electrons. The van der Waals surface area contributed by atoms with Gasteiger partial charge in [-0.2, -0.15) is 0 Å². The molecule has 0 N–H and O–H groups in total. The van der Waals surface area contributed by atoms with Gasteiger partial charge in [0.15, 0.2) is 0 Å². The van der Waals surface area contributed by atoms with Gasteiger partial charge in [-0.05, 0) is 49.5 Å². The molecule has 6 rings (SSSR count). The van der Waals surface area contributed by atoms with E-state index in [1.165, 1.54) is 5.56 Å². The molecule has 0 spiro atoms. The van der Waals surface area contributed by atoms with Crippen molar-refractivity contribution in [3.63, 3.8) is 0 Å². The first-order valence-corrected chi connectivity index (χ1v) is 11.1. The van der Waals surface area contributed by atoms with Crippen molar-refractivity contribution in [2.75, 3.05) is 18.2 Å². The molecule has 3 atom stereocenters. The maximum atomic E-state index is 13.4. The van der Waals surface area contributed by atoms with Crippen LogP contribution >= 0.6 is 11.8 Å². The smallest absolute Gasteiger partial charge is 0.246 e. The number of benzene rings is 1. The van der Waals surface area contributed by atoms with E-state index in [0.717, 1.165) is 50.3 Å². The van der Waals surface area contributed by atoms with Gasteiger partial charge in [0.1, 0.15) is 6.04 Å². The van der Waals surface area contributed by atoms with Crippen LogP contribution in [0, 0.1) is 11.8 Å². The van der Waals surface area contributed by atoms with Crippen LogP contribution in [0.5, 0.6) is 0 Å². The molecule has 2 saturated carbocycles. The van der Waals surface area contributed by atoms with Gasteiger partial charge >= 0.3 is 0 Å². The molecule has 5 aliphatic rings. The van der Waals surface area contributed by atoms with Gasteiger partial charge in [0.2, 0.25) is 11.8 Å². The summed E-state index contributed by atoms with van der Waals surface area (Å²) in [6.07, 6.45) is 5.32. The Balaban J connectivity index is 1.37. The van der Waals surface area contributed by atoms with Crippen molar-refractivity contribution < 1.29 is 9.59 Å². The first kappa shape index (κ1) is 16.7. The number of piperidine rings is 2. The summed E-state index contributed by atoms with van der Waals surface area (Å²) in [6, 6.07) is 10.5. The van der Waals surface area contributed by atoms with Crippen LogP contribution in [0.3, 0.4) is 0 Å². The SMILES string of the molecule is O=C([C@@H]1C2CCC(CC2)N1C(=O)[C@@H]1C[C@H]1c1ccccc1)N1CCSC1. The molecule has 0 aromatic heterocycles. The lowest BCUT2D eigenvalue weighted by molar-refractivity contribution is -0.159. The van der Waals surface area contributed by atoms with Gasteiger partial charge in [-0.1, -0.05) is 30.3 Å². The van der Waals surface area contributed by atoms with E-state index in [2.05, 4.69) is 29.2 Å². The number of rotatable bonds is 3. The van der Waals surface area contributed by atoms with E-state index in [-0.39, 0.29) is 29.8 Å². The summed E-state index contributed by atoms with van der Waals surface area (Å²) in [4.78, 5) is 30.7. The molecular formula is C21H26N2O2S. The molecule has 0 unspecified atom stereocenters. The van der Waals surface area contributed by atoms with Crippen molar-refractivity contribution in [1.29, 1.82) is 0 Å². The maximum absolute atomic E-state index is 13.4. The summed E-state index contributed by atoms with van der Waals surface area (Å²) in [7, 11) is 0. The standard InChI is InChI=1S/C21H26N2O2S/c24-20(18-12-17(18)14-4-2-1-3-5-14)23-16-8-6-15(7-9-16)19(23)21(25)22-10-11-26-13-22/h1-5,15-19H,6-13H2/t15?,16?,17-,18+,19-/m0/s1. The first-order chi connectivity index (χ1) is 12.7. The van der Waals surface area contributed by atoms with E-state index in [9.17, 15) is 9.59 Å². The first-order valence-electron chi connectivity index (χ1n) is 9.97. The van der Waals surface area contributed by atoms with Gasteiger partial charge in [0, 0.05) is 24.3 Å². The van der Waals surface area contributed by atoms with Crippen LogP contribution < -0.4 is 0 Å². The van der Waals surface area contributed by atoms with Gasteiger partial charge in [-0.25, -0.2) is 0 Å². The highest BCUT2D eigenvalue weighted by atomic mass is 32.2. The monoisotopic (exact) mass is 370 g/mol. The van der Waals surface area contributed by atoms with Crippen molar-refractivity contribution in [1.82, 2.24) is 9.80 Å². The van der Waals surface area contributed by atoms with Crippen LogP contribution in [0.4, 0.5) is 0 Å². The summed E-state index contributed by atoms with van der Waals surface area (Å²) in [6.45, 7) is 0.843. The fraction of sp³-hybridized carbons (Fsp3) is 0.619. The zero-order chi connectivity index (χ0) is 17.7. The van der Waals surface area contributed by atoms with E-state index in [4.69, 9.17) is 0 Å². The molecule has 1 aromatic carbocycles. The van der Waals surface area contributed by atoms with Gasteiger partial charge < -0.3 is 9.80 Å². The molecule has 2 bridgehead atoms. The lowest BCUT2D eigenvalue weighted by Gasteiger charge is -2.51. The van der Waals surface area contributed by atoms with Crippen molar-refractivity contribution in [2.24, 2.45) is 11.8 Å². The normalized spacial score (nSPS) is 35.6. The molecule has 1 aromatic rings. The largest absolute Gasteiger partial charge is 0.331 e. The molecule has 3 heterocycles. The third-order valence-electron chi connectivity index (χ3n) is 6.79. The highest BCUT2D eigenvalue weighted by Crippen LogP contribution is 2.51. The quantitative estimate of drug-likeness (QED) is 0.821. The van der Waals surface area contributed by atoms with Crippen LogP contribution in [0.15, 0.2) is 30.3 Å². The minimum atomic E-state index is -0.189. The van der Waals surface area contributed by atoms with E-state index < -0.39 is 0 Å². The summed E-state index contributed by atoms with van der Waals surface area (Å²) in [5.74, 6) is 3.09. The minimum absolute atomic E-state index is 0.0833. The number of carbonyl (C=O) groups is 2. The second-order valence-corrected chi connectivity index (χ2v) is 9.33. The molecule has 3 aliphatic heterocycles. The Kier molecular flexibility index (Phi) is 4.23. The fourth-order valence-electron chi connectivity index (χ4n) is 5.29. The van der Waals surface area contributed by atoms with Crippen molar-refractivity contribution >= 4 is 23.6 Å². The zero-order valence-corrected chi connectivity index (χ0v) is 15.9. The maximum Gasteiger partial charge on any atom is 0.246 e. The van der Waals surface area contributed by atoms with Gasteiger partial charge in [0.25, 0.3) is 0 Å². The Labute approximate surface area is 159 Å². The highest BCUT2D eigenvalue weighted by Gasteiger charge is 2.54. The third-order valence-corrected chi connectivity index (χ3v) is 7.75. The minimum Gasteiger partial charge on any atom is -0.331 e. The molecule has 2 amide bonds. The fourth-order valence-corrected chi connectivity index (χ4v) is 6.25. The van der Waals surface area contributed by atoms with Gasteiger partial charge in [-0.3, -0.25) is 9.59 Å². The topological polar surface area (TPSA) is 40.6 Å². The van der Waals surface area contributed by atoms with Crippen LogP contribution in [0.1, 0.15) is 43.6 Å². The lowest BCUT2D eigenvalue weighted by Crippen LogP contribution is -2.63. The van der Waals surface area contributed by atoms with Gasteiger partial charge in [-0.15, -0.1) is 11.8 Å². The average Bonchev–Trinajstić information content (AvgIpc) is 3.32. The number of hydrogen-bond acceptors (Lipinski definition) is 3. The zero-order valence-electron chi connectivity index (χ0n) is 15.0. The summed E-state index contributed by atoms with van der Waals surface area (Å²) in [5.41, 5.74) is 1.27. The van der Waals surface area contributed by atoms with Gasteiger partial charge in [0.05, 0.1) is 5.88 Å². The highest BCUT2D eigenvalue weighted by molar-refractivity contribution is 7.99. The molecule has 5 heteroatoms. The Morgan fingerprint density at radius 1 is 1.00 bits per heavy atom. The molecule has 4 nitrogen and oxygen atoms in total. The van der Waals surface area contributed by atoms with E-state index in [1.54, 1.807) is 0 Å². The Morgan fingerprint density at radius 3 is 2.46 bits per heavy atom. The number of fused-ring (bicyclic) bond motifs is 3. The number of hydrogen-bond donors (Lipinski definition) is 0. The predicted molar refractivity (Wildman–Crippen MR) is 103 cm³/mol. The van der Waals surface area contributed by atoms with Crippen molar-refractivity contribution in [3.05, 3.63) is 35.9 Å². The summed E-state index contributed by atoms with van der Waals surface area (Å²) >= 11 is 1.82. The Hall–Kier alpha value is -1.49. The number of nitrogens with zero attached hydrogens (tertiary/aromatic N) is 2. The summed E-state index contributed by atoms with van der Waals surface area (Å²) in [5, 5.41) is 0. The third kappa shape index (κ3) is 2.75.